The predicted octanol–water partition coefficient (Wildman–Crippen LogP) is 5.15. The predicted molar refractivity (Wildman–Crippen MR) is 197 cm³/mol. The number of benzene rings is 1. The van der Waals surface area contributed by atoms with Crippen molar-refractivity contribution in [2.75, 3.05) is 57.2 Å². The van der Waals surface area contributed by atoms with Crippen LogP contribution in [0.2, 0.25) is 0 Å². The molecular weight excluding hydrogens is 695 g/mol. The van der Waals surface area contributed by atoms with E-state index in [-0.39, 0.29) is 36.8 Å². The van der Waals surface area contributed by atoms with Crippen LogP contribution in [0.1, 0.15) is 98.0 Å². The summed E-state index contributed by atoms with van der Waals surface area (Å²) in [6.07, 6.45) is 1.89. The number of aryl methyl sites for hydroxylation is 1. The van der Waals surface area contributed by atoms with Gasteiger partial charge in [0, 0.05) is 57.8 Å². The van der Waals surface area contributed by atoms with Gasteiger partial charge >= 0.3 is 12.1 Å². The highest BCUT2D eigenvalue weighted by Gasteiger charge is 2.50. The summed E-state index contributed by atoms with van der Waals surface area (Å²) in [4.78, 5) is 41.6. The summed E-state index contributed by atoms with van der Waals surface area (Å²) in [5, 5.41) is 7.52. The maximum atomic E-state index is 14.7. The third-order valence-corrected chi connectivity index (χ3v) is 11.4. The standard InChI is InChI=1S/C39H51FN8O6/c1-24-28-10-9-26(41-36(50)54-37(2,3)4)15-30(28)39(23-51-24)18-32-29(21-53-39)33(43-35(42-32)52-22-38-11-7-13-47(38)19-25(40)17-38)46-12-8-14-48-27(20-46)16-31(44-48)34(49)45(5)6/h9-10,15-16,24-25H,7-8,11-14,17-23H2,1-6H3,(H,41,50)/t24-,25+,38-,39+/m0/s1. The first-order chi connectivity index (χ1) is 25.7. The first kappa shape index (κ1) is 36.6. The minimum absolute atomic E-state index is 0.146. The molecule has 1 spiro atoms. The molecule has 7 heterocycles. The van der Waals surface area contributed by atoms with E-state index < -0.39 is 23.5 Å². The number of hydrogen-bond donors (Lipinski definition) is 1. The number of amides is 2. The molecule has 5 aliphatic rings. The number of halogens is 1. The smallest absolute Gasteiger partial charge is 0.412 e. The lowest BCUT2D eigenvalue weighted by Crippen LogP contribution is -2.45. The summed E-state index contributed by atoms with van der Waals surface area (Å²) >= 11 is 0. The van der Waals surface area contributed by atoms with Gasteiger partial charge in [-0.15, -0.1) is 0 Å². The van der Waals surface area contributed by atoms with Crippen LogP contribution in [0.25, 0.3) is 0 Å². The number of fused-ring (bicyclic) bond motifs is 5. The lowest BCUT2D eigenvalue weighted by molar-refractivity contribution is -0.148. The molecule has 4 atom stereocenters. The van der Waals surface area contributed by atoms with Crippen molar-refractivity contribution in [1.29, 1.82) is 0 Å². The van der Waals surface area contributed by atoms with E-state index in [2.05, 4.69) is 20.2 Å². The molecule has 15 heteroatoms. The Morgan fingerprint density at radius 2 is 1.96 bits per heavy atom. The normalized spacial score (nSPS) is 26.4. The number of carbonyl (C=O) groups excluding carboxylic acids is 2. The van der Waals surface area contributed by atoms with Crippen LogP contribution in [-0.4, -0.2) is 106 Å². The average Bonchev–Trinajstić information content (AvgIpc) is 3.74. The lowest BCUT2D eigenvalue weighted by atomic mass is 9.80. The molecule has 2 amide bonds. The topological polar surface area (TPSA) is 136 Å². The van der Waals surface area contributed by atoms with Crippen molar-refractivity contribution in [2.24, 2.45) is 0 Å². The molecule has 8 rings (SSSR count). The molecule has 5 aliphatic heterocycles. The molecule has 2 aromatic heterocycles. The zero-order valence-corrected chi connectivity index (χ0v) is 32.1. The third kappa shape index (κ3) is 6.90. The molecule has 1 N–H and O–H groups in total. The molecule has 0 saturated carbocycles. The van der Waals surface area contributed by atoms with E-state index in [1.165, 1.54) is 4.90 Å². The van der Waals surface area contributed by atoms with Gasteiger partial charge in [-0.1, -0.05) is 6.07 Å². The van der Waals surface area contributed by atoms with Crippen molar-refractivity contribution in [3.63, 3.8) is 0 Å². The highest BCUT2D eigenvalue weighted by atomic mass is 19.1. The lowest BCUT2D eigenvalue weighted by Gasteiger charge is -2.44. The number of ether oxygens (including phenoxy) is 4. The van der Waals surface area contributed by atoms with Gasteiger partial charge in [-0.05, 0) is 82.8 Å². The fourth-order valence-corrected chi connectivity index (χ4v) is 8.77. The molecule has 54 heavy (non-hydrogen) atoms. The van der Waals surface area contributed by atoms with Crippen LogP contribution in [0.5, 0.6) is 6.01 Å². The maximum absolute atomic E-state index is 14.7. The summed E-state index contributed by atoms with van der Waals surface area (Å²) in [6, 6.07) is 7.87. The fraction of sp³-hybridized carbons (Fsp3) is 0.615. The van der Waals surface area contributed by atoms with Gasteiger partial charge in [0.15, 0.2) is 5.69 Å². The Morgan fingerprint density at radius 1 is 1.13 bits per heavy atom. The number of nitrogens with one attached hydrogen (secondary N) is 1. The van der Waals surface area contributed by atoms with E-state index in [9.17, 15) is 14.0 Å². The van der Waals surface area contributed by atoms with Crippen LogP contribution < -0.4 is 15.0 Å². The van der Waals surface area contributed by atoms with E-state index in [4.69, 9.17) is 28.9 Å². The van der Waals surface area contributed by atoms with Crippen LogP contribution in [0.4, 0.5) is 20.7 Å². The van der Waals surface area contributed by atoms with Gasteiger partial charge in [0.05, 0.1) is 42.8 Å². The van der Waals surface area contributed by atoms with E-state index in [0.717, 1.165) is 53.9 Å². The Kier molecular flexibility index (Phi) is 9.33. The third-order valence-electron chi connectivity index (χ3n) is 11.4. The van der Waals surface area contributed by atoms with E-state index in [1.807, 2.05) is 56.6 Å². The summed E-state index contributed by atoms with van der Waals surface area (Å²) in [5.41, 5.74) is 3.54. The van der Waals surface area contributed by atoms with Crippen LogP contribution in [0, 0.1) is 0 Å². The number of alkyl halides is 1. The van der Waals surface area contributed by atoms with Gasteiger partial charge in [0.2, 0.25) is 0 Å². The Bertz CT molecular complexity index is 1950. The van der Waals surface area contributed by atoms with Crippen molar-refractivity contribution in [1.82, 2.24) is 29.5 Å². The second-order valence-corrected chi connectivity index (χ2v) is 16.7. The molecule has 290 valence electrons. The SMILES string of the molecule is C[C@@H]1OC[C@]2(Cc3nc(OC[C@@]45CCCN4C[C@H](F)C5)nc(N4CCCn5nc(C(=O)N(C)C)cc5C4)c3CO2)c2cc(NC(=O)OC(C)(C)C)ccc21. The number of rotatable bonds is 6. The minimum atomic E-state index is -0.893. The number of hydrogen-bond acceptors (Lipinski definition) is 11. The van der Waals surface area contributed by atoms with Gasteiger partial charge in [0.25, 0.3) is 5.91 Å². The second kappa shape index (κ2) is 13.7. The van der Waals surface area contributed by atoms with Gasteiger partial charge in [0.1, 0.15) is 29.8 Å². The van der Waals surface area contributed by atoms with Crippen LogP contribution >= 0.6 is 0 Å². The first-order valence-corrected chi connectivity index (χ1v) is 19.1. The molecule has 0 bridgehead atoms. The quantitative estimate of drug-likeness (QED) is 0.359. The Morgan fingerprint density at radius 3 is 2.76 bits per heavy atom. The van der Waals surface area contributed by atoms with Gasteiger partial charge in [-0.2, -0.15) is 15.1 Å². The van der Waals surface area contributed by atoms with Crippen molar-refractivity contribution in [2.45, 2.75) is 109 Å². The molecule has 3 aromatic rings. The van der Waals surface area contributed by atoms with Crippen LogP contribution in [0.3, 0.4) is 0 Å². The highest BCUT2D eigenvalue weighted by Crippen LogP contribution is 2.47. The molecule has 0 aliphatic carbocycles. The molecule has 14 nitrogen and oxygen atoms in total. The van der Waals surface area contributed by atoms with Crippen molar-refractivity contribution < 1.29 is 32.9 Å². The Balaban J connectivity index is 1.15. The van der Waals surface area contributed by atoms with Gasteiger partial charge in [-0.25, -0.2) is 9.18 Å². The molecule has 2 fully saturated rings. The zero-order valence-electron chi connectivity index (χ0n) is 32.1. The summed E-state index contributed by atoms with van der Waals surface area (Å²) in [7, 11) is 3.44. The average molecular weight is 747 g/mol. The minimum Gasteiger partial charge on any atom is -0.461 e. The Labute approximate surface area is 315 Å². The van der Waals surface area contributed by atoms with Crippen molar-refractivity contribution in [3.05, 3.63) is 58.0 Å². The van der Waals surface area contributed by atoms with E-state index in [0.29, 0.717) is 62.8 Å². The largest absolute Gasteiger partial charge is 0.461 e. The number of carbonyl (C=O) groups is 2. The van der Waals surface area contributed by atoms with Crippen LogP contribution in [-0.2, 0) is 45.9 Å². The van der Waals surface area contributed by atoms with E-state index >= 15 is 0 Å². The summed E-state index contributed by atoms with van der Waals surface area (Å²) in [5.74, 6) is 0.564. The monoisotopic (exact) mass is 746 g/mol. The molecular formula is C39H51FN8O6. The van der Waals surface area contributed by atoms with Crippen LogP contribution in [0.15, 0.2) is 24.3 Å². The van der Waals surface area contributed by atoms with Gasteiger partial charge in [-0.3, -0.25) is 19.7 Å². The number of nitrogens with zero attached hydrogens (tertiary/aromatic N) is 7. The molecule has 0 unspecified atom stereocenters. The van der Waals surface area contributed by atoms with Crippen molar-refractivity contribution in [3.8, 4) is 6.01 Å². The molecule has 1 aromatic carbocycles. The van der Waals surface area contributed by atoms with E-state index in [1.54, 1.807) is 14.1 Å². The Hall–Kier alpha value is -4.34. The summed E-state index contributed by atoms with van der Waals surface area (Å²) in [6.45, 7) is 11.4. The highest BCUT2D eigenvalue weighted by molar-refractivity contribution is 5.92. The molecule has 0 radical (unpaired) electrons. The summed E-state index contributed by atoms with van der Waals surface area (Å²) < 4.78 is 41.9. The maximum Gasteiger partial charge on any atom is 0.412 e. The second-order valence-electron chi connectivity index (χ2n) is 16.7. The van der Waals surface area contributed by atoms with Gasteiger partial charge < -0.3 is 28.7 Å². The first-order valence-electron chi connectivity index (χ1n) is 19.1. The number of anilines is 2. The van der Waals surface area contributed by atoms with Crippen molar-refractivity contribution >= 4 is 23.5 Å². The zero-order chi connectivity index (χ0) is 38.0. The number of aromatic nitrogens is 4. The molecule has 2 saturated heterocycles. The fourth-order valence-electron chi connectivity index (χ4n) is 8.77.